The van der Waals surface area contributed by atoms with Crippen molar-refractivity contribution in [2.45, 2.75) is 18.5 Å². The molecular formula is C12H6F9NO. The quantitative estimate of drug-likeness (QED) is 0.642. The van der Waals surface area contributed by atoms with Gasteiger partial charge in [-0.3, -0.25) is 4.79 Å². The lowest BCUT2D eigenvalue weighted by atomic mass is 10.0. The summed E-state index contributed by atoms with van der Waals surface area (Å²) in [7, 11) is 0. The fraction of sp³-hybridized carbons (Fsp3) is 0.250. The summed E-state index contributed by atoms with van der Waals surface area (Å²) in [5.41, 5.74) is -0.695. The van der Waals surface area contributed by atoms with Crippen LogP contribution in [0.1, 0.15) is 16.7 Å². The van der Waals surface area contributed by atoms with Crippen molar-refractivity contribution in [2.75, 3.05) is 0 Å². The maximum Gasteiger partial charge on any atom is 0.454 e. The van der Waals surface area contributed by atoms with Gasteiger partial charge in [0.05, 0.1) is 11.1 Å². The zero-order valence-corrected chi connectivity index (χ0v) is 10.7. The molecule has 0 atom stereocenters. The van der Waals surface area contributed by atoms with Crippen molar-refractivity contribution in [1.82, 2.24) is 0 Å². The molecule has 0 fully saturated rings. The first-order valence-electron chi connectivity index (χ1n) is 5.50. The van der Waals surface area contributed by atoms with Gasteiger partial charge < -0.3 is 5.73 Å². The lowest BCUT2D eigenvalue weighted by Gasteiger charge is -2.14. The monoisotopic (exact) mass is 351 g/mol. The Hall–Kier alpha value is -2.20. The second kappa shape index (κ2) is 5.78. The number of halogens is 9. The lowest BCUT2D eigenvalue weighted by Crippen LogP contribution is -2.21. The Morgan fingerprint density at radius 3 is 1.52 bits per heavy atom. The summed E-state index contributed by atoms with van der Waals surface area (Å²) in [6.45, 7) is 0. The third-order valence-corrected chi connectivity index (χ3v) is 2.49. The smallest absolute Gasteiger partial charge is 0.398 e. The minimum absolute atomic E-state index is 0.116. The van der Waals surface area contributed by atoms with E-state index in [9.17, 15) is 44.3 Å². The van der Waals surface area contributed by atoms with Crippen LogP contribution in [0.5, 0.6) is 0 Å². The van der Waals surface area contributed by atoms with Gasteiger partial charge in [-0.05, 0) is 23.8 Å². The first-order valence-corrected chi connectivity index (χ1v) is 5.50. The predicted molar refractivity (Wildman–Crippen MR) is 59.7 cm³/mol. The molecule has 0 amide bonds. The number of hydrogen-bond acceptors (Lipinski definition) is 2. The van der Waals surface area contributed by atoms with Crippen LogP contribution in [-0.4, -0.2) is 12.0 Å². The number of ketones is 1. The third-order valence-electron chi connectivity index (χ3n) is 2.49. The Morgan fingerprint density at radius 2 is 1.22 bits per heavy atom. The number of allylic oxidation sites excluding steroid dienone is 1. The van der Waals surface area contributed by atoms with Crippen LogP contribution in [0.4, 0.5) is 39.5 Å². The summed E-state index contributed by atoms with van der Waals surface area (Å²) in [5, 5.41) is 0. The van der Waals surface area contributed by atoms with E-state index in [1.165, 1.54) is 0 Å². The molecule has 0 aliphatic heterocycles. The molecular weight excluding hydrogens is 345 g/mol. The van der Waals surface area contributed by atoms with Gasteiger partial charge in [-0.1, -0.05) is 0 Å². The first kappa shape index (κ1) is 18.8. The highest BCUT2D eigenvalue weighted by Crippen LogP contribution is 2.37. The summed E-state index contributed by atoms with van der Waals surface area (Å²) in [5.74, 6) is -2.51. The van der Waals surface area contributed by atoms with E-state index >= 15 is 0 Å². The highest BCUT2D eigenvalue weighted by Gasteiger charge is 2.38. The number of carbonyl (C=O) groups excluding carboxylic acids is 1. The van der Waals surface area contributed by atoms with Gasteiger partial charge in [0.2, 0.25) is 0 Å². The van der Waals surface area contributed by atoms with E-state index in [-0.39, 0.29) is 24.3 Å². The SMILES string of the molecule is N/C(=C\C(=O)C(F)(F)F)c1cc(C(F)(F)F)cc(C(F)(F)F)c1. The molecule has 1 aromatic rings. The number of hydrogen-bond donors (Lipinski definition) is 1. The molecule has 0 heterocycles. The van der Waals surface area contributed by atoms with E-state index in [0.717, 1.165) is 0 Å². The van der Waals surface area contributed by atoms with Gasteiger partial charge in [0, 0.05) is 11.8 Å². The van der Waals surface area contributed by atoms with Crippen LogP contribution in [0.15, 0.2) is 24.3 Å². The second-order valence-corrected chi connectivity index (χ2v) is 4.26. The highest BCUT2D eigenvalue weighted by atomic mass is 19.4. The normalized spacial score (nSPS) is 14.0. The van der Waals surface area contributed by atoms with Gasteiger partial charge in [0.15, 0.2) is 0 Å². The molecule has 0 saturated heterocycles. The molecule has 128 valence electrons. The molecule has 1 aromatic carbocycles. The molecule has 2 nitrogen and oxygen atoms in total. The highest BCUT2D eigenvalue weighted by molar-refractivity contribution is 5.99. The fourth-order valence-corrected chi connectivity index (χ4v) is 1.43. The molecule has 0 aliphatic rings. The number of benzene rings is 1. The number of rotatable bonds is 2. The van der Waals surface area contributed by atoms with Crippen LogP contribution in [0.25, 0.3) is 5.70 Å². The van der Waals surface area contributed by atoms with E-state index in [4.69, 9.17) is 5.73 Å². The summed E-state index contributed by atoms with van der Waals surface area (Å²) in [6.07, 6.45) is -16.0. The third kappa shape index (κ3) is 4.89. The van der Waals surface area contributed by atoms with Gasteiger partial charge in [0.1, 0.15) is 0 Å². The molecule has 0 aliphatic carbocycles. The Balaban J connectivity index is 3.47. The zero-order valence-electron chi connectivity index (χ0n) is 10.7. The maximum atomic E-state index is 12.6. The van der Waals surface area contributed by atoms with E-state index in [1.54, 1.807) is 0 Å². The molecule has 23 heavy (non-hydrogen) atoms. The minimum Gasteiger partial charge on any atom is -0.398 e. The van der Waals surface area contributed by atoms with Gasteiger partial charge in [-0.2, -0.15) is 39.5 Å². The van der Waals surface area contributed by atoms with Gasteiger partial charge in [-0.25, -0.2) is 0 Å². The number of alkyl halides is 9. The van der Waals surface area contributed by atoms with Crippen LogP contribution in [-0.2, 0) is 17.1 Å². The van der Waals surface area contributed by atoms with Crippen LogP contribution in [0.2, 0.25) is 0 Å². The van der Waals surface area contributed by atoms with Crippen molar-refractivity contribution >= 4 is 11.5 Å². The Labute approximate surface area is 122 Å². The van der Waals surface area contributed by atoms with Crippen molar-refractivity contribution < 1.29 is 44.3 Å². The van der Waals surface area contributed by atoms with Crippen LogP contribution in [0, 0.1) is 0 Å². The predicted octanol–water partition coefficient (Wildman–Crippen LogP) is 4.16. The summed E-state index contributed by atoms with van der Waals surface area (Å²) >= 11 is 0. The lowest BCUT2D eigenvalue weighted by molar-refractivity contribution is -0.165. The Morgan fingerprint density at radius 1 is 0.826 bits per heavy atom. The van der Waals surface area contributed by atoms with Gasteiger partial charge in [0.25, 0.3) is 5.78 Å². The van der Waals surface area contributed by atoms with Gasteiger partial charge in [-0.15, -0.1) is 0 Å². The summed E-state index contributed by atoms with van der Waals surface area (Å²) in [4.78, 5) is 10.7. The van der Waals surface area contributed by atoms with E-state index < -0.39 is 46.7 Å². The van der Waals surface area contributed by atoms with E-state index in [1.807, 2.05) is 0 Å². The molecule has 0 saturated carbocycles. The fourth-order valence-electron chi connectivity index (χ4n) is 1.43. The van der Waals surface area contributed by atoms with Crippen LogP contribution in [0.3, 0.4) is 0 Å². The molecule has 0 spiro atoms. The minimum atomic E-state index is -5.36. The molecule has 0 unspecified atom stereocenters. The zero-order chi connectivity index (χ0) is 18.2. The molecule has 2 N–H and O–H groups in total. The standard InChI is InChI=1S/C12H6F9NO/c13-10(14,15)6-1-5(2-7(3-6)11(16,17)18)8(22)4-9(23)12(19,20)21/h1-4H,22H2/b8-4-. The van der Waals surface area contributed by atoms with Crippen molar-refractivity contribution in [1.29, 1.82) is 0 Å². The van der Waals surface area contributed by atoms with Crippen LogP contribution < -0.4 is 5.73 Å². The molecule has 0 aromatic heterocycles. The van der Waals surface area contributed by atoms with Crippen molar-refractivity contribution in [2.24, 2.45) is 5.73 Å². The number of carbonyl (C=O) groups is 1. The molecule has 11 heteroatoms. The topological polar surface area (TPSA) is 43.1 Å². The molecule has 0 radical (unpaired) electrons. The van der Waals surface area contributed by atoms with Crippen LogP contribution >= 0.6 is 0 Å². The summed E-state index contributed by atoms with van der Waals surface area (Å²) in [6, 6.07) is 0.0117. The number of nitrogens with two attached hydrogens (primary N) is 1. The van der Waals surface area contributed by atoms with Crippen molar-refractivity contribution in [3.05, 3.63) is 41.0 Å². The Bertz CT molecular complexity index is 605. The maximum absolute atomic E-state index is 12.6. The molecule has 1 rings (SSSR count). The first-order chi connectivity index (χ1) is 10.1. The van der Waals surface area contributed by atoms with Gasteiger partial charge >= 0.3 is 18.5 Å². The van der Waals surface area contributed by atoms with Crippen molar-refractivity contribution in [3.63, 3.8) is 0 Å². The largest absolute Gasteiger partial charge is 0.454 e. The summed E-state index contributed by atoms with van der Waals surface area (Å²) < 4.78 is 112. The average molecular weight is 351 g/mol. The van der Waals surface area contributed by atoms with E-state index in [0.29, 0.717) is 0 Å². The average Bonchev–Trinajstić information content (AvgIpc) is 2.34. The van der Waals surface area contributed by atoms with Crippen molar-refractivity contribution in [3.8, 4) is 0 Å². The Kier molecular flexibility index (Phi) is 4.74. The molecule has 0 bridgehead atoms. The second-order valence-electron chi connectivity index (χ2n) is 4.26. The van der Waals surface area contributed by atoms with E-state index in [2.05, 4.69) is 0 Å².